The van der Waals surface area contributed by atoms with Crippen molar-refractivity contribution in [2.45, 2.75) is 6.42 Å². The predicted octanol–water partition coefficient (Wildman–Crippen LogP) is 1.49. The molecular formula is C16H20N2O5. The van der Waals surface area contributed by atoms with E-state index < -0.39 is 0 Å². The first-order chi connectivity index (χ1) is 11.0. The number of hydrogen-bond donors (Lipinski definition) is 1. The second-order valence-electron chi connectivity index (χ2n) is 4.90. The number of hydrogen-bond acceptors (Lipinski definition) is 5. The molecule has 0 aliphatic carbocycles. The molecule has 0 saturated heterocycles. The lowest BCUT2D eigenvalue weighted by atomic mass is 10.2. The van der Waals surface area contributed by atoms with Gasteiger partial charge in [-0.05, 0) is 18.2 Å². The quantitative estimate of drug-likeness (QED) is 0.816. The maximum atomic E-state index is 12.3. The van der Waals surface area contributed by atoms with Crippen LogP contribution in [0.15, 0.2) is 18.2 Å². The summed E-state index contributed by atoms with van der Waals surface area (Å²) in [4.78, 5) is 23.4. The molecule has 0 atom stereocenters. The van der Waals surface area contributed by atoms with Crippen LogP contribution in [0.4, 0.5) is 0 Å². The number of rotatable bonds is 6. The van der Waals surface area contributed by atoms with Gasteiger partial charge in [0, 0.05) is 19.0 Å². The van der Waals surface area contributed by atoms with Crippen LogP contribution in [0.3, 0.4) is 0 Å². The Labute approximate surface area is 134 Å². The van der Waals surface area contributed by atoms with Crippen molar-refractivity contribution in [2.24, 2.45) is 7.05 Å². The second kappa shape index (κ2) is 7.04. The van der Waals surface area contributed by atoms with Gasteiger partial charge in [0.1, 0.15) is 17.2 Å². The molecule has 0 aliphatic heterocycles. The summed E-state index contributed by atoms with van der Waals surface area (Å²) in [6.07, 6.45) is 0.124. The highest BCUT2D eigenvalue weighted by Crippen LogP contribution is 2.35. The molecule has 0 fully saturated rings. The zero-order valence-corrected chi connectivity index (χ0v) is 13.6. The van der Waals surface area contributed by atoms with Crippen molar-refractivity contribution in [1.82, 2.24) is 9.88 Å². The molecule has 2 aromatic rings. The first-order valence-corrected chi connectivity index (χ1v) is 7.08. The third kappa shape index (κ3) is 3.23. The Morgan fingerprint density at radius 2 is 1.78 bits per heavy atom. The first kappa shape index (κ1) is 16.7. The molecule has 0 unspecified atom stereocenters. The van der Waals surface area contributed by atoms with E-state index in [1.165, 1.54) is 7.11 Å². The zero-order chi connectivity index (χ0) is 17.0. The van der Waals surface area contributed by atoms with Crippen molar-refractivity contribution in [3.8, 4) is 11.5 Å². The number of carbonyl (C=O) groups is 2. The van der Waals surface area contributed by atoms with Crippen LogP contribution in [0, 0.1) is 0 Å². The minimum Gasteiger partial charge on any atom is -0.496 e. The fourth-order valence-electron chi connectivity index (χ4n) is 2.44. The second-order valence-corrected chi connectivity index (χ2v) is 4.90. The molecule has 2 rings (SSSR count). The van der Waals surface area contributed by atoms with E-state index in [1.54, 1.807) is 44.0 Å². The Balaban J connectivity index is 2.32. The third-order valence-corrected chi connectivity index (χ3v) is 3.63. The van der Waals surface area contributed by atoms with Crippen molar-refractivity contribution in [3.63, 3.8) is 0 Å². The van der Waals surface area contributed by atoms with Gasteiger partial charge in [-0.2, -0.15) is 0 Å². The maximum absolute atomic E-state index is 12.3. The van der Waals surface area contributed by atoms with Crippen molar-refractivity contribution in [2.75, 3.05) is 27.9 Å². The number of esters is 1. The van der Waals surface area contributed by atoms with E-state index in [1.807, 2.05) is 0 Å². The van der Waals surface area contributed by atoms with Gasteiger partial charge in [-0.15, -0.1) is 0 Å². The summed E-state index contributed by atoms with van der Waals surface area (Å²) >= 11 is 0. The van der Waals surface area contributed by atoms with E-state index in [4.69, 9.17) is 9.47 Å². The van der Waals surface area contributed by atoms with E-state index in [-0.39, 0.29) is 24.8 Å². The largest absolute Gasteiger partial charge is 0.496 e. The average Bonchev–Trinajstić information content (AvgIpc) is 2.91. The number of methoxy groups -OCH3 is 3. The van der Waals surface area contributed by atoms with Crippen LogP contribution in [0.25, 0.3) is 10.9 Å². The van der Waals surface area contributed by atoms with Crippen LogP contribution in [-0.4, -0.2) is 44.3 Å². The van der Waals surface area contributed by atoms with Crippen LogP contribution in [0.5, 0.6) is 11.5 Å². The van der Waals surface area contributed by atoms with Gasteiger partial charge in [0.2, 0.25) is 0 Å². The molecule has 0 bridgehead atoms. The van der Waals surface area contributed by atoms with Gasteiger partial charge < -0.3 is 24.1 Å². The van der Waals surface area contributed by atoms with E-state index in [0.717, 1.165) is 10.9 Å². The molecule has 1 aromatic heterocycles. The Kier molecular flexibility index (Phi) is 5.10. The Morgan fingerprint density at radius 3 is 2.39 bits per heavy atom. The number of nitrogens with zero attached hydrogens (tertiary/aromatic N) is 1. The summed E-state index contributed by atoms with van der Waals surface area (Å²) in [5.41, 5.74) is 1.22. The summed E-state index contributed by atoms with van der Waals surface area (Å²) in [5, 5.41) is 3.48. The van der Waals surface area contributed by atoms with Crippen LogP contribution >= 0.6 is 0 Å². The summed E-state index contributed by atoms with van der Waals surface area (Å²) in [6, 6.07) is 5.32. The van der Waals surface area contributed by atoms with E-state index in [9.17, 15) is 9.59 Å². The number of aromatic nitrogens is 1. The van der Waals surface area contributed by atoms with Gasteiger partial charge in [-0.3, -0.25) is 9.59 Å². The van der Waals surface area contributed by atoms with Crippen LogP contribution < -0.4 is 14.8 Å². The summed E-state index contributed by atoms with van der Waals surface area (Å²) in [5.74, 6) is 0.657. The van der Waals surface area contributed by atoms with Crippen molar-refractivity contribution in [1.29, 1.82) is 0 Å². The van der Waals surface area contributed by atoms with Gasteiger partial charge >= 0.3 is 5.97 Å². The molecule has 1 amide bonds. The van der Waals surface area contributed by atoms with Gasteiger partial charge in [0.25, 0.3) is 5.91 Å². The molecule has 1 aromatic carbocycles. The minimum absolute atomic E-state index is 0.124. The molecule has 7 nitrogen and oxygen atoms in total. The highest BCUT2D eigenvalue weighted by molar-refractivity contribution is 6.02. The summed E-state index contributed by atoms with van der Waals surface area (Å²) in [6.45, 7) is 0.210. The number of ether oxygens (including phenoxy) is 3. The third-order valence-electron chi connectivity index (χ3n) is 3.63. The highest BCUT2D eigenvalue weighted by Gasteiger charge is 2.18. The predicted molar refractivity (Wildman–Crippen MR) is 85.0 cm³/mol. The zero-order valence-electron chi connectivity index (χ0n) is 13.6. The fourth-order valence-corrected chi connectivity index (χ4v) is 2.44. The monoisotopic (exact) mass is 320 g/mol. The molecule has 7 heteroatoms. The number of fused-ring (bicyclic) bond motifs is 1. The molecule has 23 heavy (non-hydrogen) atoms. The van der Waals surface area contributed by atoms with Crippen LogP contribution in [0.1, 0.15) is 16.9 Å². The van der Waals surface area contributed by atoms with Gasteiger partial charge in [-0.1, -0.05) is 0 Å². The lowest BCUT2D eigenvalue weighted by molar-refractivity contribution is -0.140. The molecule has 0 aliphatic rings. The molecule has 124 valence electrons. The minimum atomic E-state index is -0.370. The number of benzene rings is 1. The number of amides is 1. The normalized spacial score (nSPS) is 10.4. The molecule has 0 saturated carbocycles. The average molecular weight is 320 g/mol. The van der Waals surface area contributed by atoms with Crippen molar-refractivity contribution < 1.29 is 23.8 Å². The number of carbonyl (C=O) groups excluding carboxylic acids is 2. The summed E-state index contributed by atoms with van der Waals surface area (Å²) in [7, 11) is 6.24. The van der Waals surface area contributed by atoms with Crippen molar-refractivity contribution in [3.05, 3.63) is 23.9 Å². The topological polar surface area (TPSA) is 78.8 Å². The standard InChI is InChI=1S/C16H20N2O5/c1-18-11(16(20)17-8-7-14(19)23-4)9-10-12(21-2)5-6-13(22-3)15(10)18/h5-6,9H,7-8H2,1-4H3,(H,17,20). The SMILES string of the molecule is COC(=O)CCNC(=O)c1cc2c(OC)ccc(OC)c2n1C. The van der Waals surface area contributed by atoms with Gasteiger partial charge in [0.15, 0.2) is 0 Å². The fraction of sp³-hybridized carbons (Fsp3) is 0.375. The van der Waals surface area contributed by atoms with Crippen molar-refractivity contribution >= 4 is 22.8 Å². The lowest BCUT2D eigenvalue weighted by Crippen LogP contribution is -2.27. The molecule has 0 spiro atoms. The molecule has 0 radical (unpaired) electrons. The number of nitrogens with one attached hydrogen (secondary N) is 1. The lowest BCUT2D eigenvalue weighted by Gasteiger charge is -2.09. The van der Waals surface area contributed by atoms with E-state index in [0.29, 0.717) is 17.2 Å². The molecule has 1 heterocycles. The molecular weight excluding hydrogens is 300 g/mol. The van der Waals surface area contributed by atoms with E-state index >= 15 is 0 Å². The summed E-state index contributed by atoms with van der Waals surface area (Å²) < 4.78 is 17.0. The smallest absolute Gasteiger partial charge is 0.307 e. The van der Waals surface area contributed by atoms with Gasteiger partial charge in [0.05, 0.1) is 33.3 Å². The first-order valence-electron chi connectivity index (χ1n) is 7.08. The number of aryl methyl sites for hydroxylation is 1. The van der Waals surface area contributed by atoms with E-state index in [2.05, 4.69) is 10.1 Å². The maximum Gasteiger partial charge on any atom is 0.307 e. The van der Waals surface area contributed by atoms with Gasteiger partial charge in [-0.25, -0.2) is 0 Å². The van der Waals surface area contributed by atoms with Crippen LogP contribution in [-0.2, 0) is 16.6 Å². The molecule has 1 N–H and O–H groups in total. The van der Waals surface area contributed by atoms with Crippen LogP contribution in [0.2, 0.25) is 0 Å². The Bertz CT molecular complexity index is 736. The Morgan fingerprint density at radius 1 is 1.13 bits per heavy atom. The highest BCUT2D eigenvalue weighted by atomic mass is 16.5. The Hall–Kier alpha value is -2.70.